The number of carbonyl (C=O) groups excluding carboxylic acids is 3. The summed E-state index contributed by atoms with van der Waals surface area (Å²) in [5.74, 6) is -0.519. The summed E-state index contributed by atoms with van der Waals surface area (Å²) in [4.78, 5) is 39.4. The molecule has 1 fully saturated rings. The molecule has 0 spiro atoms. The van der Waals surface area contributed by atoms with Crippen LogP contribution in [0.2, 0.25) is 5.02 Å². The molecule has 7 nitrogen and oxygen atoms in total. The Hall–Kier alpha value is -2.89. The summed E-state index contributed by atoms with van der Waals surface area (Å²) in [6, 6.07) is 15.1. The Bertz CT molecular complexity index is 1440. The van der Waals surface area contributed by atoms with E-state index in [1.807, 2.05) is 32.0 Å². The average molecular weight is 696 g/mol. The van der Waals surface area contributed by atoms with Gasteiger partial charge in [-0.25, -0.2) is 9.69 Å². The topological polar surface area (TPSA) is 84.9 Å². The summed E-state index contributed by atoms with van der Waals surface area (Å²) < 4.78 is 13.4. The number of imide groups is 2. The second-order valence-corrected chi connectivity index (χ2v) is 10.5. The molecule has 0 unspecified atom stereocenters. The molecular formula is C27H21BrClIN2O5. The van der Waals surface area contributed by atoms with Crippen LogP contribution in [0.3, 0.4) is 0 Å². The highest BCUT2D eigenvalue weighted by Gasteiger charge is 2.37. The molecule has 1 aliphatic heterocycles. The van der Waals surface area contributed by atoms with Crippen molar-refractivity contribution >= 4 is 79.7 Å². The van der Waals surface area contributed by atoms with Crippen LogP contribution in [0, 0.1) is 10.5 Å². The number of nitrogens with zero attached hydrogens (tertiary/aromatic N) is 1. The third kappa shape index (κ3) is 6.00. The van der Waals surface area contributed by atoms with Crippen molar-refractivity contribution in [2.24, 2.45) is 0 Å². The van der Waals surface area contributed by atoms with E-state index in [2.05, 4.69) is 43.8 Å². The summed E-state index contributed by atoms with van der Waals surface area (Å²) in [5, 5.41) is 2.85. The van der Waals surface area contributed by atoms with Crippen molar-refractivity contribution in [1.29, 1.82) is 0 Å². The zero-order valence-corrected chi connectivity index (χ0v) is 24.3. The van der Waals surface area contributed by atoms with E-state index in [1.165, 1.54) is 6.08 Å². The van der Waals surface area contributed by atoms with Gasteiger partial charge >= 0.3 is 6.03 Å². The molecule has 0 aromatic heterocycles. The van der Waals surface area contributed by atoms with Crippen molar-refractivity contribution in [3.05, 3.63) is 89.9 Å². The second kappa shape index (κ2) is 11.7. The standard InChI is InChI=1S/C27H21BrClIN2O5/c1-3-36-23-13-16(12-22(30)24(23)37-14-17-6-4-5-7-21(17)29)11-19-25(33)31-27(35)32(26(19)34)18-8-9-20(28)15(2)10-18/h4-13H,3,14H2,1-2H3,(H,31,33,35)/b19-11+. The Balaban J connectivity index is 1.67. The minimum absolute atomic E-state index is 0.178. The van der Waals surface area contributed by atoms with Crippen LogP contribution in [0.4, 0.5) is 10.5 Å². The van der Waals surface area contributed by atoms with Gasteiger partial charge in [0.1, 0.15) is 12.2 Å². The highest BCUT2D eigenvalue weighted by Crippen LogP contribution is 2.36. The first-order valence-corrected chi connectivity index (χ1v) is 13.4. The lowest BCUT2D eigenvalue weighted by atomic mass is 10.1. The van der Waals surface area contributed by atoms with E-state index in [-0.39, 0.29) is 12.2 Å². The zero-order valence-electron chi connectivity index (χ0n) is 19.8. The van der Waals surface area contributed by atoms with Crippen molar-refractivity contribution in [3.63, 3.8) is 0 Å². The molecule has 1 saturated heterocycles. The van der Waals surface area contributed by atoms with Gasteiger partial charge in [0.2, 0.25) is 0 Å². The van der Waals surface area contributed by atoms with Gasteiger partial charge in [0.05, 0.1) is 15.9 Å². The smallest absolute Gasteiger partial charge is 0.335 e. The van der Waals surface area contributed by atoms with Crippen molar-refractivity contribution in [2.45, 2.75) is 20.5 Å². The fraction of sp³-hybridized carbons (Fsp3) is 0.148. The van der Waals surface area contributed by atoms with Crippen LogP contribution in [-0.2, 0) is 16.2 Å². The van der Waals surface area contributed by atoms with E-state index in [1.54, 1.807) is 36.4 Å². The van der Waals surface area contributed by atoms with Crippen molar-refractivity contribution in [1.82, 2.24) is 5.32 Å². The van der Waals surface area contributed by atoms with E-state index in [4.69, 9.17) is 21.1 Å². The molecule has 0 radical (unpaired) electrons. The number of anilines is 1. The van der Waals surface area contributed by atoms with Crippen molar-refractivity contribution in [2.75, 3.05) is 11.5 Å². The fourth-order valence-corrected chi connectivity index (χ4v) is 4.88. The fourth-order valence-electron chi connectivity index (χ4n) is 3.67. The number of rotatable bonds is 7. The number of hydrogen-bond acceptors (Lipinski definition) is 5. The van der Waals surface area contributed by atoms with Gasteiger partial charge in [-0.3, -0.25) is 14.9 Å². The molecule has 4 amide bonds. The molecule has 1 N–H and O–H groups in total. The first kappa shape index (κ1) is 27.2. The Labute approximate surface area is 241 Å². The highest BCUT2D eigenvalue weighted by atomic mass is 127. The molecule has 3 aromatic carbocycles. The quantitative estimate of drug-likeness (QED) is 0.170. The Kier molecular flexibility index (Phi) is 8.56. The number of ether oxygens (including phenoxy) is 2. The maximum absolute atomic E-state index is 13.3. The Morgan fingerprint density at radius 2 is 1.84 bits per heavy atom. The molecule has 0 saturated carbocycles. The summed E-state index contributed by atoms with van der Waals surface area (Å²) in [7, 11) is 0. The summed E-state index contributed by atoms with van der Waals surface area (Å²) in [5.41, 5.74) is 2.38. The van der Waals surface area contributed by atoms with E-state index < -0.39 is 17.8 Å². The molecule has 37 heavy (non-hydrogen) atoms. The second-order valence-electron chi connectivity index (χ2n) is 8.03. The van der Waals surface area contributed by atoms with Gasteiger partial charge in [0.25, 0.3) is 11.8 Å². The van der Waals surface area contributed by atoms with Crippen LogP contribution in [0.15, 0.2) is 64.6 Å². The molecule has 0 bridgehead atoms. The van der Waals surface area contributed by atoms with Crippen LogP contribution in [0.25, 0.3) is 6.08 Å². The van der Waals surface area contributed by atoms with Crippen LogP contribution in [0.5, 0.6) is 11.5 Å². The number of benzene rings is 3. The number of barbiturate groups is 1. The third-order valence-electron chi connectivity index (χ3n) is 5.47. The van der Waals surface area contributed by atoms with Gasteiger partial charge in [-0.2, -0.15) is 0 Å². The summed E-state index contributed by atoms with van der Waals surface area (Å²) >= 11 is 11.8. The predicted molar refractivity (Wildman–Crippen MR) is 154 cm³/mol. The monoisotopic (exact) mass is 694 g/mol. The minimum atomic E-state index is -0.804. The Morgan fingerprint density at radius 3 is 2.54 bits per heavy atom. The zero-order chi connectivity index (χ0) is 26.7. The molecule has 0 aliphatic carbocycles. The molecule has 190 valence electrons. The normalized spacial score (nSPS) is 14.7. The van der Waals surface area contributed by atoms with Gasteiger partial charge in [-0.15, -0.1) is 0 Å². The molecule has 1 aliphatic rings. The van der Waals surface area contributed by atoms with Crippen molar-refractivity contribution < 1.29 is 23.9 Å². The number of aryl methyl sites for hydroxylation is 1. The lowest BCUT2D eigenvalue weighted by Gasteiger charge is -2.26. The maximum atomic E-state index is 13.3. The molecule has 10 heteroatoms. The van der Waals surface area contributed by atoms with E-state index in [0.717, 1.165) is 20.5 Å². The molecule has 3 aromatic rings. The summed E-state index contributed by atoms with van der Waals surface area (Å²) in [6.45, 7) is 4.30. The lowest BCUT2D eigenvalue weighted by molar-refractivity contribution is -0.122. The lowest BCUT2D eigenvalue weighted by Crippen LogP contribution is -2.54. The van der Waals surface area contributed by atoms with Crippen LogP contribution >= 0.6 is 50.1 Å². The maximum Gasteiger partial charge on any atom is 0.335 e. The number of hydrogen-bond donors (Lipinski definition) is 1. The highest BCUT2D eigenvalue weighted by molar-refractivity contribution is 14.1. The van der Waals surface area contributed by atoms with Crippen LogP contribution < -0.4 is 19.7 Å². The number of amides is 4. The molecule has 0 atom stereocenters. The third-order valence-corrected chi connectivity index (χ3v) is 7.53. The van der Waals surface area contributed by atoms with Gasteiger partial charge in [-0.05, 0) is 90.0 Å². The van der Waals surface area contributed by atoms with Crippen LogP contribution in [-0.4, -0.2) is 24.5 Å². The van der Waals surface area contributed by atoms with Gasteiger partial charge in [0.15, 0.2) is 11.5 Å². The van der Waals surface area contributed by atoms with E-state index in [0.29, 0.717) is 37.9 Å². The Morgan fingerprint density at radius 1 is 1.08 bits per heavy atom. The number of urea groups is 1. The van der Waals surface area contributed by atoms with Gasteiger partial charge in [-0.1, -0.05) is 45.7 Å². The summed E-state index contributed by atoms with van der Waals surface area (Å²) in [6.07, 6.45) is 1.44. The molecule has 4 rings (SSSR count). The SMILES string of the molecule is CCOc1cc(/C=C2\C(=O)NC(=O)N(c3ccc(Br)c(C)c3)C2=O)cc(I)c1OCc1ccccc1Cl. The predicted octanol–water partition coefficient (Wildman–Crippen LogP) is 6.66. The van der Waals surface area contributed by atoms with E-state index >= 15 is 0 Å². The van der Waals surface area contributed by atoms with Gasteiger partial charge < -0.3 is 9.47 Å². The van der Waals surface area contributed by atoms with E-state index in [9.17, 15) is 14.4 Å². The molecular weight excluding hydrogens is 675 g/mol. The largest absolute Gasteiger partial charge is 0.490 e. The van der Waals surface area contributed by atoms with Crippen LogP contribution in [0.1, 0.15) is 23.6 Å². The average Bonchev–Trinajstić information content (AvgIpc) is 2.84. The number of halogens is 3. The van der Waals surface area contributed by atoms with Gasteiger partial charge in [0, 0.05) is 15.1 Å². The number of carbonyl (C=O) groups is 3. The first-order chi connectivity index (χ1) is 17.7. The minimum Gasteiger partial charge on any atom is -0.490 e. The molecule has 1 heterocycles. The number of nitrogens with one attached hydrogen (secondary N) is 1. The van der Waals surface area contributed by atoms with Crippen molar-refractivity contribution in [3.8, 4) is 11.5 Å². The first-order valence-electron chi connectivity index (χ1n) is 11.2.